The van der Waals surface area contributed by atoms with Gasteiger partial charge in [0.25, 0.3) is 5.56 Å². The molecule has 0 atom stereocenters. The molecule has 1 aromatic carbocycles. The maximum atomic E-state index is 14.3. The number of fused-ring (bicyclic) bond motifs is 1. The molecule has 2 heterocycles. The van der Waals surface area contributed by atoms with Crippen molar-refractivity contribution in [1.29, 1.82) is 0 Å². The Hall–Kier alpha value is -2.28. The van der Waals surface area contributed by atoms with E-state index in [-0.39, 0.29) is 5.69 Å². The third-order valence-electron chi connectivity index (χ3n) is 3.52. The first-order valence-electron chi connectivity index (χ1n) is 6.25. The largest absolute Gasteiger partial charge is 0.335 e. The van der Waals surface area contributed by atoms with E-state index in [4.69, 9.17) is 0 Å². The van der Waals surface area contributed by atoms with Crippen LogP contribution in [0.15, 0.2) is 27.8 Å². The molecule has 5 nitrogen and oxygen atoms in total. The molecule has 0 aliphatic heterocycles. The molecule has 0 bridgehead atoms. The van der Waals surface area contributed by atoms with Crippen molar-refractivity contribution in [2.75, 3.05) is 0 Å². The minimum absolute atomic E-state index is 0.0450. The highest BCUT2D eigenvalue weighted by molar-refractivity contribution is 7.13. The van der Waals surface area contributed by atoms with Crippen molar-refractivity contribution >= 4 is 21.6 Å². The van der Waals surface area contributed by atoms with Crippen LogP contribution < -0.4 is 11.2 Å². The second-order valence-electron chi connectivity index (χ2n) is 4.87. The van der Waals surface area contributed by atoms with Gasteiger partial charge in [-0.25, -0.2) is 13.8 Å². The number of hydrogen-bond donors (Lipinski definition) is 0. The lowest BCUT2D eigenvalue weighted by Crippen LogP contribution is -2.38. The van der Waals surface area contributed by atoms with E-state index in [1.807, 2.05) is 0 Å². The first kappa shape index (κ1) is 13.7. The highest BCUT2D eigenvalue weighted by Crippen LogP contribution is 2.26. The lowest BCUT2D eigenvalue weighted by molar-refractivity contribution is 0.607. The quantitative estimate of drug-likeness (QED) is 0.690. The van der Waals surface area contributed by atoms with Crippen molar-refractivity contribution in [3.8, 4) is 5.69 Å². The third kappa shape index (κ3) is 2.01. The summed E-state index contributed by atoms with van der Waals surface area (Å²) in [6.07, 6.45) is 0. The van der Waals surface area contributed by atoms with Gasteiger partial charge in [0.15, 0.2) is 0 Å². The minimum Gasteiger partial charge on any atom is -0.301 e. The molecule has 2 aromatic heterocycles. The molecule has 0 radical (unpaired) electrons. The van der Waals surface area contributed by atoms with Gasteiger partial charge in [-0.15, -0.1) is 0 Å². The van der Waals surface area contributed by atoms with Gasteiger partial charge in [-0.05, 0) is 37.5 Å². The lowest BCUT2D eigenvalue weighted by Gasteiger charge is -2.10. The van der Waals surface area contributed by atoms with Gasteiger partial charge in [0, 0.05) is 24.2 Å². The van der Waals surface area contributed by atoms with Crippen molar-refractivity contribution < 1.29 is 4.39 Å². The van der Waals surface area contributed by atoms with Gasteiger partial charge in [-0.3, -0.25) is 4.79 Å². The monoisotopic (exact) mass is 305 g/mol. The van der Waals surface area contributed by atoms with Gasteiger partial charge >= 0.3 is 5.69 Å². The molecule has 0 N–H and O–H groups in total. The Balaban J connectivity index is 2.43. The van der Waals surface area contributed by atoms with Crippen LogP contribution in [0.25, 0.3) is 15.8 Å². The zero-order valence-electron chi connectivity index (χ0n) is 11.7. The first-order chi connectivity index (χ1) is 9.90. The molecule has 3 rings (SSSR count). The van der Waals surface area contributed by atoms with E-state index in [1.165, 1.54) is 34.3 Å². The van der Waals surface area contributed by atoms with E-state index in [9.17, 15) is 14.0 Å². The summed E-state index contributed by atoms with van der Waals surface area (Å²) in [6.45, 7) is 3.45. The van der Waals surface area contributed by atoms with Gasteiger partial charge < -0.3 is 4.57 Å². The molecule has 0 amide bonds. The Morgan fingerprint density at radius 3 is 2.62 bits per heavy atom. The summed E-state index contributed by atoms with van der Waals surface area (Å²) in [6, 6.07) is 4.12. The second-order valence-corrected chi connectivity index (χ2v) is 5.67. The van der Waals surface area contributed by atoms with Crippen molar-refractivity contribution in [1.82, 2.24) is 13.5 Å². The van der Waals surface area contributed by atoms with Gasteiger partial charge in [-0.2, -0.15) is 4.37 Å². The van der Waals surface area contributed by atoms with Crippen LogP contribution >= 0.6 is 11.5 Å². The van der Waals surface area contributed by atoms with E-state index in [0.717, 1.165) is 15.6 Å². The summed E-state index contributed by atoms with van der Waals surface area (Å²) in [5.41, 5.74) is 0.106. The summed E-state index contributed by atoms with van der Waals surface area (Å²) in [5, 5.41) is 0.742. The van der Waals surface area contributed by atoms with Crippen LogP contribution in [-0.2, 0) is 7.05 Å². The lowest BCUT2D eigenvalue weighted by atomic mass is 10.2. The van der Waals surface area contributed by atoms with Gasteiger partial charge in [0.05, 0.1) is 16.1 Å². The Morgan fingerprint density at radius 1 is 1.19 bits per heavy atom. The van der Waals surface area contributed by atoms with E-state index in [1.54, 1.807) is 20.9 Å². The van der Waals surface area contributed by atoms with Crippen LogP contribution in [0, 0.1) is 19.7 Å². The topological polar surface area (TPSA) is 56.9 Å². The molecule has 0 saturated heterocycles. The summed E-state index contributed by atoms with van der Waals surface area (Å²) in [4.78, 5) is 24.4. The molecule has 0 unspecified atom stereocenters. The molecule has 7 heteroatoms. The zero-order chi connectivity index (χ0) is 15.3. The fraction of sp³-hybridized carbons (Fsp3) is 0.214. The molecule has 0 spiro atoms. The van der Waals surface area contributed by atoms with Crippen molar-refractivity contribution in [3.05, 3.63) is 56.2 Å². The highest BCUT2D eigenvalue weighted by atomic mass is 32.1. The summed E-state index contributed by atoms with van der Waals surface area (Å²) in [5.74, 6) is -0.616. The summed E-state index contributed by atoms with van der Waals surface area (Å²) >= 11 is 1.19. The maximum Gasteiger partial charge on any atom is 0.335 e. The van der Waals surface area contributed by atoms with E-state index in [0.29, 0.717) is 10.4 Å². The van der Waals surface area contributed by atoms with Crippen LogP contribution in [0.3, 0.4) is 0 Å². The van der Waals surface area contributed by atoms with E-state index >= 15 is 0 Å². The summed E-state index contributed by atoms with van der Waals surface area (Å²) in [7, 11) is 1.54. The molecule has 0 fully saturated rings. The van der Waals surface area contributed by atoms with E-state index in [2.05, 4.69) is 4.37 Å². The van der Waals surface area contributed by atoms with Crippen molar-refractivity contribution in [2.45, 2.75) is 13.8 Å². The van der Waals surface area contributed by atoms with Crippen molar-refractivity contribution in [2.24, 2.45) is 7.05 Å². The fourth-order valence-corrected chi connectivity index (χ4v) is 2.99. The Morgan fingerprint density at radius 2 is 1.90 bits per heavy atom. The predicted molar refractivity (Wildman–Crippen MR) is 79.9 cm³/mol. The zero-order valence-corrected chi connectivity index (χ0v) is 12.5. The number of hydrogen-bond acceptors (Lipinski definition) is 4. The molecule has 3 aromatic rings. The molecule has 108 valence electrons. The molecular weight excluding hydrogens is 293 g/mol. The number of nitrogens with zero attached hydrogens (tertiary/aromatic N) is 3. The normalized spacial score (nSPS) is 11.2. The standard InChI is InChI=1S/C14H12FN3O2S/c1-7-4-13(19)18(14(20)17(7)3)11-5-9-8(2)16-21-12(9)6-10(11)15/h4-6H,1-3H3. The SMILES string of the molecule is Cc1nsc2cc(F)c(-n3c(=O)cc(C)n(C)c3=O)cc12. The van der Waals surface area contributed by atoms with Gasteiger partial charge in [0.1, 0.15) is 5.82 Å². The molecule has 0 aliphatic rings. The Bertz CT molecular complexity index is 984. The van der Waals surface area contributed by atoms with Gasteiger partial charge in [-0.1, -0.05) is 0 Å². The molecule has 21 heavy (non-hydrogen) atoms. The van der Waals surface area contributed by atoms with Crippen LogP contribution in [0.4, 0.5) is 4.39 Å². The number of aromatic nitrogens is 3. The number of rotatable bonds is 1. The van der Waals surface area contributed by atoms with Crippen LogP contribution in [0.1, 0.15) is 11.4 Å². The van der Waals surface area contributed by atoms with Gasteiger partial charge in [0.2, 0.25) is 0 Å². The maximum absolute atomic E-state index is 14.3. The summed E-state index contributed by atoms with van der Waals surface area (Å²) < 4.78 is 21.3. The molecular formula is C14H12FN3O2S. The Labute approximate surface area is 123 Å². The second kappa shape index (κ2) is 4.63. The fourth-order valence-electron chi connectivity index (χ4n) is 2.20. The smallest absolute Gasteiger partial charge is 0.301 e. The van der Waals surface area contributed by atoms with E-state index < -0.39 is 17.1 Å². The van der Waals surface area contributed by atoms with Crippen LogP contribution in [0.2, 0.25) is 0 Å². The third-order valence-corrected chi connectivity index (χ3v) is 4.42. The highest BCUT2D eigenvalue weighted by Gasteiger charge is 2.15. The Kier molecular flexibility index (Phi) is 3.02. The average Bonchev–Trinajstić information content (AvgIpc) is 2.77. The van der Waals surface area contributed by atoms with Crippen LogP contribution in [0.5, 0.6) is 0 Å². The van der Waals surface area contributed by atoms with Crippen molar-refractivity contribution in [3.63, 3.8) is 0 Å². The average molecular weight is 305 g/mol. The predicted octanol–water partition coefficient (Wildman–Crippen LogP) is 1.90. The molecule has 0 aliphatic carbocycles. The number of aryl methyl sites for hydroxylation is 2. The first-order valence-corrected chi connectivity index (χ1v) is 7.03. The molecule has 0 saturated carbocycles. The number of benzene rings is 1. The number of halogens is 1. The minimum atomic E-state index is -0.616. The van der Waals surface area contributed by atoms with Crippen LogP contribution in [-0.4, -0.2) is 13.5 Å².